The van der Waals surface area contributed by atoms with Crippen molar-refractivity contribution in [1.29, 1.82) is 0 Å². The van der Waals surface area contributed by atoms with Crippen molar-refractivity contribution in [2.75, 3.05) is 19.1 Å². The van der Waals surface area contributed by atoms with Crippen molar-refractivity contribution in [3.05, 3.63) is 30.1 Å². The molecule has 5 heteroatoms. The van der Waals surface area contributed by atoms with Crippen LogP contribution in [-0.4, -0.2) is 29.1 Å². The average Bonchev–Trinajstić information content (AvgIpc) is 2.71. The molecule has 2 aromatic rings. The summed E-state index contributed by atoms with van der Waals surface area (Å²) in [6.45, 7) is 1.33. The second-order valence-electron chi connectivity index (χ2n) is 3.31. The molecule has 1 aromatic carbocycles. The van der Waals surface area contributed by atoms with E-state index in [9.17, 15) is 0 Å². The van der Waals surface area contributed by atoms with Crippen LogP contribution in [0.3, 0.4) is 0 Å². The van der Waals surface area contributed by atoms with Crippen molar-refractivity contribution in [2.45, 2.75) is 6.42 Å². The van der Waals surface area contributed by atoms with Gasteiger partial charge in [0.15, 0.2) is 0 Å². The highest BCUT2D eigenvalue weighted by molar-refractivity contribution is 6.17. The van der Waals surface area contributed by atoms with Gasteiger partial charge in [-0.25, -0.2) is 4.98 Å². The lowest BCUT2D eigenvalue weighted by Crippen LogP contribution is -2.00. The fraction of sp³-hybridized carbons (Fsp3) is 0.364. The van der Waals surface area contributed by atoms with Gasteiger partial charge in [0.1, 0.15) is 0 Å². The monoisotopic (exact) mass is 260 g/mol. The van der Waals surface area contributed by atoms with Gasteiger partial charge < -0.3 is 9.72 Å². The highest BCUT2D eigenvalue weighted by atomic mass is 35.5. The zero-order chi connectivity index (χ0) is 10.5. The molecule has 0 spiro atoms. The van der Waals surface area contributed by atoms with E-state index in [-0.39, 0.29) is 12.4 Å². The standard InChI is InChI=1S/C11H13ClN2O.ClH/c12-4-6-15-5-3-9-1-2-10-11(7-9)14-8-13-10;/h1-2,7-8H,3-6H2,(H,13,14);1H. The van der Waals surface area contributed by atoms with Crippen LogP contribution >= 0.6 is 24.0 Å². The highest BCUT2D eigenvalue weighted by Crippen LogP contribution is 2.11. The fourth-order valence-electron chi connectivity index (χ4n) is 1.48. The molecule has 88 valence electrons. The predicted molar refractivity (Wildman–Crippen MR) is 68.6 cm³/mol. The summed E-state index contributed by atoms with van der Waals surface area (Å²) in [7, 11) is 0. The lowest BCUT2D eigenvalue weighted by atomic mass is 10.1. The number of fused-ring (bicyclic) bond motifs is 1. The van der Waals surface area contributed by atoms with Crippen LogP contribution in [-0.2, 0) is 11.2 Å². The molecule has 0 aliphatic carbocycles. The number of rotatable bonds is 5. The van der Waals surface area contributed by atoms with E-state index in [0.717, 1.165) is 17.5 Å². The molecule has 0 saturated heterocycles. The molecule has 2 rings (SSSR count). The van der Waals surface area contributed by atoms with E-state index < -0.39 is 0 Å². The number of hydrogen-bond acceptors (Lipinski definition) is 2. The van der Waals surface area contributed by atoms with Crippen LogP contribution in [0.2, 0.25) is 0 Å². The molecule has 16 heavy (non-hydrogen) atoms. The predicted octanol–water partition coefficient (Wildman–Crippen LogP) is 2.78. The Morgan fingerprint density at radius 3 is 3.00 bits per heavy atom. The molecule has 1 aromatic heterocycles. The molecule has 1 N–H and O–H groups in total. The zero-order valence-electron chi connectivity index (χ0n) is 8.78. The number of benzene rings is 1. The second kappa shape index (κ2) is 6.74. The molecule has 0 atom stereocenters. The van der Waals surface area contributed by atoms with Crippen molar-refractivity contribution in [3.8, 4) is 0 Å². The lowest BCUT2D eigenvalue weighted by molar-refractivity contribution is 0.152. The number of H-pyrrole nitrogens is 1. The normalized spacial score (nSPS) is 10.3. The van der Waals surface area contributed by atoms with E-state index in [1.807, 2.05) is 6.07 Å². The molecule has 0 radical (unpaired) electrons. The smallest absolute Gasteiger partial charge is 0.0931 e. The largest absolute Gasteiger partial charge is 0.380 e. The Hall–Kier alpha value is -0.770. The summed E-state index contributed by atoms with van der Waals surface area (Å²) >= 11 is 5.51. The van der Waals surface area contributed by atoms with Crippen molar-refractivity contribution in [1.82, 2.24) is 9.97 Å². The quantitative estimate of drug-likeness (QED) is 0.663. The van der Waals surface area contributed by atoms with Crippen LogP contribution in [0.15, 0.2) is 24.5 Å². The maximum atomic E-state index is 5.51. The Balaban J connectivity index is 0.00000128. The van der Waals surface area contributed by atoms with Gasteiger partial charge in [0.2, 0.25) is 0 Å². The van der Waals surface area contributed by atoms with Crippen LogP contribution in [0.1, 0.15) is 5.56 Å². The Kier molecular flexibility index (Phi) is 5.60. The molecule has 0 bridgehead atoms. The molecule has 0 aliphatic heterocycles. The fourth-order valence-corrected chi connectivity index (χ4v) is 1.59. The molecule has 0 amide bonds. The van der Waals surface area contributed by atoms with Gasteiger partial charge in [0.25, 0.3) is 0 Å². The molecule has 1 heterocycles. The molecular formula is C11H14Cl2N2O. The topological polar surface area (TPSA) is 37.9 Å². The summed E-state index contributed by atoms with van der Waals surface area (Å²) in [4.78, 5) is 7.25. The van der Waals surface area contributed by atoms with Gasteiger partial charge >= 0.3 is 0 Å². The van der Waals surface area contributed by atoms with Crippen LogP contribution in [0.5, 0.6) is 0 Å². The Labute approximate surface area is 106 Å². The second-order valence-corrected chi connectivity index (χ2v) is 3.68. The average molecular weight is 261 g/mol. The maximum Gasteiger partial charge on any atom is 0.0931 e. The molecular weight excluding hydrogens is 247 g/mol. The Morgan fingerprint density at radius 1 is 1.31 bits per heavy atom. The number of aromatic amines is 1. The number of ether oxygens (including phenoxy) is 1. The van der Waals surface area contributed by atoms with Crippen molar-refractivity contribution < 1.29 is 4.74 Å². The van der Waals surface area contributed by atoms with Crippen LogP contribution in [0, 0.1) is 0 Å². The van der Waals surface area contributed by atoms with Crippen molar-refractivity contribution >= 4 is 35.0 Å². The first-order chi connectivity index (χ1) is 7.40. The molecule has 0 saturated carbocycles. The Bertz CT molecular complexity index is 431. The van der Waals surface area contributed by atoms with E-state index >= 15 is 0 Å². The van der Waals surface area contributed by atoms with E-state index in [1.165, 1.54) is 5.56 Å². The molecule has 0 unspecified atom stereocenters. The summed E-state index contributed by atoms with van der Waals surface area (Å²) in [6.07, 6.45) is 2.62. The molecule has 0 fully saturated rings. The van der Waals surface area contributed by atoms with Gasteiger partial charge in [-0.3, -0.25) is 0 Å². The van der Waals surface area contributed by atoms with Gasteiger partial charge in [-0.05, 0) is 24.1 Å². The van der Waals surface area contributed by atoms with E-state index in [2.05, 4.69) is 22.1 Å². The van der Waals surface area contributed by atoms with Gasteiger partial charge in [-0.2, -0.15) is 0 Å². The van der Waals surface area contributed by atoms with Crippen molar-refractivity contribution in [2.24, 2.45) is 0 Å². The Morgan fingerprint density at radius 2 is 2.19 bits per heavy atom. The van der Waals surface area contributed by atoms with Crippen LogP contribution in [0.4, 0.5) is 0 Å². The third kappa shape index (κ3) is 3.37. The minimum absolute atomic E-state index is 0. The number of nitrogens with zero attached hydrogens (tertiary/aromatic N) is 1. The number of imidazole rings is 1. The number of hydrogen-bond donors (Lipinski definition) is 1. The first kappa shape index (κ1) is 13.3. The first-order valence-electron chi connectivity index (χ1n) is 4.96. The lowest BCUT2D eigenvalue weighted by Gasteiger charge is -2.02. The van der Waals surface area contributed by atoms with Gasteiger partial charge in [0.05, 0.1) is 30.6 Å². The summed E-state index contributed by atoms with van der Waals surface area (Å²) in [6, 6.07) is 6.20. The van der Waals surface area contributed by atoms with Gasteiger partial charge in [-0.15, -0.1) is 24.0 Å². The van der Waals surface area contributed by atoms with E-state index in [0.29, 0.717) is 19.1 Å². The minimum Gasteiger partial charge on any atom is -0.380 e. The number of alkyl halides is 1. The number of aromatic nitrogens is 2. The van der Waals surface area contributed by atoms with Crippen LogP contribution in [0.25, 0.3) is 11.0 Å². The minimum atomic E-state index is 0. The molecule has 3 nitrogen and oxygen atoms in total. The van der Waals surface area contributed by atoms with Crippen LogP contribution < -0.4 is 0 Å². The van der Waals surface area contributed by atoms with Gasteiger partial charge in [-0.1, -0.05) is 6.07 Å². The maximum absolute atomic E-state index is 5.51. The summed E-state index contributed by atoms with van der Waals surface area (Å²) in [5.41, 5.74) is 3.33. The van der Waals surface area contributed by atoms with Crippen molar-refractivity contribution in [3.63, 3.8) is 0 Å². The third-order valence-corrected chi connectivity index (χ3v) is 2.40. The number of nitrogens with one attached hydrogen (secondary N) is 1. The number of halogens is 2. The summed E-state index contributed by atoms with van der Waals surface area (Å²) in [5, 5.41) is 0. The summed E-state index contributed by atoms with van der Waals surface area (Å²) < 4.78 is 5.32. The highest BCUT2D eigenvalue weighted by Gasteiger charge is 1.98. The van der Waals surface area contributed by atoms with E-state index in [1.54, 1.807) is 6.33 Å². The first-order valence-corrected chi connectivity index (χ1v) is 5.49. The van der Waals surface area contributed by atoms with E-state index in [4.69, 9.17) is 16.3 Å². The van der Waals surface area contributed by atoms with Gasteiger partial charge in [0, 0.05) is 5.88 Å². The third-order valence-electron chi connectivity index (χ3n) is 2.24. The summed E-state index contributed by atoms with van der Waals surface area (Å²) in [5.74, 6) is 0.555. The SMILES string of the molecule is Cl.ClCCOCCc1ccc2nc[nH]c2c1. The molecule has 0 aliphatic rings. The zero-order valence-corrected chi connectivity index (χ0v) is 10.4.